The van der Waals surface area contributed by atoms with Crippen LogP contribution in [0.2, 0.25) is 0 Å². The van der Waals surface area contributed by atoms with Crippen molar-refractivity contribution in [3.63, 3.8) is 0 Å². The van der Waals surface area contributed by atoms with Gasteiger partial charge in [-0.3, -0.25) is 0 Å². The van der Waals surface area contributed by atoms with Crippen molar-refractivity contribution in [1.82, 2.24) is 20.0 Å². The van der Waals surface area contributed by atoms with E-state index in [0.29, 0.717) is 17.2 Å². The molecule has 150 valence electrons. The maximum atomic E-state index is 10.7. The minimum absolute atomic E-state index is 0.330. The molecule has 0 aliphatic carbocycles. The maximum Gasteiger partial charge on any atom is 0.225 e. The van der Waals surface area contributed by atoms with Crippen molar-refractivity contribution in [2.75, 3.05) is 0 Å². The highest BCUT2D eigenvalue weighted by Crippen LogP contribution is 2.40. The van der Waals surface area contributed by atoms with E-state index in [0.717, 1.165) is 28.5 Å². The third-order valence-corrected chi connectivity index (χ3v) is 5.45. The zero-order chi connectivity index (χ0) is 20.3. The van der Waals surface area contributed by atoms with Crippen LogP contribution in [0.1, 0.15) is 58.6 Å². The van der Waals surface area contributed by atoms with Crippen LogP contribution >= 0.6 is 15.9 Å². The van der Waals surface area contributed by atoms with E-state index in [-0.39, 0.29) is 5.41 Å². The molecular weight excluding hydrogens is 420 g/mol. The molecule has 2 aromatic heterocycles. The molecule has 0 fully saturated rings. The Morgan fingerprint density at radius 1 is 1.21 bits per heavy atom. The number of aliphatic hydroxyl groups excluding tert-OH is 1. The second-order valence-corrected chi connectivity index (χ2v) is 8.83. The number of benzene rings is 1. The molecule has 1 atom stereocenters. The lowest BCUT2D eigenvalue weighted by Gasteiger charge is -2.27. The highest BCUT2D eigenvalue weighted by molar-refractivity contribution is 9.10. The third-order valence-electron chi connectivity index (χ3n) is 4.69. The number of aliphatic hydroxyl groups is 1. The van der Waals surface area contributed by atoms with Crippen LogP contribution in [0.3, 0.4) is 0 Å². The quantitative estimate of drug-likeness (QED) is 0.474. The predicted molar refractivity (Wildman–Crippen MR) is 113 cm³/mol. The SMILES string of the molecule is CCCCCn1nnc2c(Br)c(Oc3ncccc3C(O)C(C)(C)C)ccc21. The molecule has 3 aromatic rings. The minimum Gasteiger partial charge on any atom is -0.437 e. The molecule has 0 saturated heterocycles. The number of aromatic nitrogens is 4. The van der Waals surface area contributed by atoms with Gasteiger partial charge in [-0.2, -0.15) is 0 Å². The fourth-order valence-electron chi connectivity index (χ4n) is 3.01. The van der Waals surface area contributed by atoms with E-state index in [2.05, 4.69) is 38.1 Å². The molecule has 0 aliphatic heterocycles. The summed E-state index contributed by atoms with van der Waals surface area (Å²) in [5.74, 6) is 0.981. The second kappa shape index (κ2) is 8.57. The molecule has 0 radical (unpaired) electrons. The van der Waals surface area contributed by atoms with Gasteiger partial charge in [-0.25, -0.2) is 9.67 Å². The molecule has 7 heteroatoms. The van der Waals surface area contributed by atoms with Gasteiger partial charge in [0.1, 0.15) is 11.3 Å². The van der Waals surface area contributed by atoms with Gasteiger partial charge in [-0.15, -0.1) is 5.10 Å². The first-order valence-corrected chi connectivity index (χ1v) is 10.4. The number of nitrogens with zero attached hydrogens (tertiary/aromatic N) is 4. The molecule has 28 heavy (non-hydrogen) atoms. The lowest BCUT2D eigenvalue weighted by molar-refractivity contribution is 0.0603. The number of ether oxygens (including phenoxy) is 1. The number of fused-ring (bicyclic) bond motifs is 1. The van der Waals surface area contributed by atoms with Crippen LogP contribution in [0.15, 0.2) is 34.9 Å². The Labute approximate surface area is 174 Å². The van der Waals surface area contributed by atoms with E-state index in [4.69, 9.17) is 4.74 Å². The number of pyridine rings is 1. The monoisotopic (exact) mass is 446 g/mol. The molecular formula is C21H27BrN4O2. The molecule has 1 unspecified atom stereocenters. The Bertz CT molecular complexity index is 949. The Morgan fingerprint density at radius 2 is 2.00 bits per heavy atom. The summed E-state index contributed by atoms with van der Waals surface area (Å²) in [6.07, 6.45) is 4.37. The first-order valence-electron chi connectivity index (χ1n) is 9.65. The summed E-state index contributed by atoms with van der Waals surface area (Å²) in [6.45, 7) is 8.97. The summed E-state index contributed by atoms with van der Waals surface area (Å²) in [5.41, 5.74) is 2.04. The maximum absolute atomic E-state index is 10.7. The van der Waals surface area contributed by atoms with E-state index in [9.17, 15) is 5.11 Å². The van der Waals surface area contributed by atoms with Gasteiger partial charge in [-0.05, 0) is 52.0 Å². The summed E-state index contributed by atoms with van der Waals surface area (Å²) >= 11 is 3.60. The summed E-state index contributed by atoms with van der Waals surface area (Å²) in [4.78, 5) is 4.34. The Kier molecular flexibility index (Phi) is 6.35. The van der Waals surface area contributed by atoms with Crippen LogP contribution in [-0.2, 0) is 6.54 Å². The number of aryl methyl sites for hydroxylation is 1. The van der Waals surface area contributed by atoms with Crippen LogP contribution in [0, 0.1) is 5.41 Å². The van der Waals surface area contributed by atoms with Crippen LogP contribution in [0.5, 0.6) is 11.6 Å². The normalized spacial score (nSPS) is 13.1. The Balaban J connectivity index is 1.91. The van der Waals surface area contributed by atoms with Crippen molar-refractivity contribution in [1.29, 1.82) is 0 Å². The molecule has 0 aliphatic rings. The molecule has 0 bridgehead atoms. The molecule has 1 aromatic carbocycles. The fraction of sp³-hybridized carbons (Fsp3) is 0.476. The van der Waals surface area contributed by atoms with Gasteiger partial charge in [0.25, 0.3) is 0 Å². The van der Waals surface area contributed by atoms with Crippen LogP contribution < -0.4 is 4.74 Å². The lowest BCUT2D eigenvalue weighted by Crippen LogP contribution is -2.18. The molecule has 0 saturated carbocycles. The van der Waals surface area contributed by atoms with E-state index in [1.165, 1.54) is 12.8 Å². The standard InChI is InChI=1S/C21H27BrN4O2/c1-5-6-7-13-26-15-10-11-16(17(22)18(15)24-25-26)28-20-14(9-8-12-23-20)19(27)21(2,3)4/h8-12,19,27H,5-7,13H2,1-4H3. The number of hydrogen-bond donors (Lipinski definition) is 1. The zero-order valence-electron chi connectivity index (χ0n) is 16.8. The first-order chi connectivity index (χ1) is 13.3. The fourth-order valence-corrected chi connectivity index (χ4v) is 3.50. The molecule has 3 rings (SSSR count). The highest BCUT2D eigenvalue weighted by atomic mass is 79.9. The van der Waals surface area contributed by atoms with Gasteiger partial charge >= 0.3 is 0 Å². The molecule has 1 N–H and O–H groups in total. The van der Waals surface area contributed by atoms with Crippen molar-refractivity contribution < 1.29 is 9.84 Å². The molecule has 0 spiro atoms. The molecule has 0 amide bonds. The minimum atomic E-state index is -0.696. The van der Waals surface area contributed by atoms with E-state index in [1.54, 1.807) is 12.3 Å². The van der Waals surface area contributed by atoms with Crippen LogP contribution in [-0.4, -0.2) is 25.1 Å². The highest BCUT2D eigenvalue weighted by Gasteiger charge is 2.27. The van der Waals surface area contributed by atoms with Gasteiger partial charge in [0.15, 0.2) is 0 Å². The summed E-state index contributed by atoms with van der Waals surface area (Å²) in [5, 5.41) is 19.3. The average molecular weight is 447 g/mol. The van der Waals surface area contributed by atoms with Gasteiger partial charge in [0.05, 0.1) is 16.1 Å². The Morgan fingerprint density at radius 3 is 2.71 bits per heavy atom. The number of hydrogen-bond acceptors (Lipinski definition) is 5. The first kappa shape index (κ1) is 20.7. The summed E-state index contributed by atoms with van der Waals surface area (Å²) < 4.78 is 8.73. The number of rotatable bonds is 7. The van der Waals surface area contributed by atoms with Gasteiger partial charge in [0, 0.05) is 18.3 Å². The molecule has 2 heterocycles. The molecule has 6 nitrogen and oxygen atoms in total. The van der Waals surface area contributed by atoms with E-state index < -0.39 is 6.10 Å². The Hall–Kier alpha value is -1.99. The van der Waals surface area contributed by atoms with Crippen LogP contribution in [0.4, 0.5) is 0 Å². The van der Waals surface area contributed by atoms with Crippen molar-refractivity contribution in [3.05, 3.63) is 40.5 Å². The van der Waals surface area contributed by atoms with Crippen molar-refractivity contribution in [2.24, 2.45) is 5.41 Å². The lowest BCUT2D eigenvalue weighted by atomic mass is 9.85. The van der Waals surface area contributed by atoms with Gasteiger partial charge in [-0.1, -0.05) is 45.7 Å². The smallest absolute Gasteiger partial charge is 0.225 e. The number of unbranched alkanes of at least 4 members (excludes halogenated alkanes) is 2. The van der Waals surface area contributed by atoms with Gasteiger partial charge in [0.2, 0.25) is 5.88 Å². The van der Waals surface area contributed by atoms with Crippen molar-refractivity contribution in [3.8, 4) is 11.6 Å². The van der Waals surface area contributed by atoms with Gasteiger partial charge < -0.3 is 9.84 Å². The van der Waals surface area contributed by atoms with E-state index in [1.807, 2.05) is 43.7 Å². The van der Waals surface area contributed by atoms with Crippen molar-refractivity contribution >= 4 is 27.0 Å². The topological polar surface area (TPSA) is 73.1 Å². The predicted octanol–water partition coefficient (Wildman–Crippen LogP) is 5.65. The summed E-state index contributed by atoms with van der Waals surface area (Å²) in [6, 6.07) is 7.49. The van der Waals surface area contributed by atoms with Crippen LogP contribution in [0.25, 0.3) is 11.0 Å². The zero-order valence-corrected chi connectivity index (χ0v) is 18.4. The van der Waals surface area contributed by atoms with Crippen molar-refractivity contribution in [2.45, 2.75) is 59.6 Å². The second-order valence-electron chi connectivity index (χ2n) is 8.03. The largest absolute Gasteiger partial charge is 0.437 e. The summed E-state index contributed by atoms with van der Waals surface area (Å²) in [7, 11) is 0. The number of halogens is 1. The third kappa shape index (κ3) is 4.36. The average Bonchev–Trinajstić information content (AvgIpc) is 3.07. The van der Waals surface area contributed by atoms with E-state index >= 15 is 0 Å².